The van der Waals surface area contributed by atoms with Crippen molar-refractivity contribution in [1.29, 1.82) is 0 Å². The van der Waals surface area contributed by atoms with Crippen LogP contribution in [0.3, 0.4) is 0 Å². The Kier molecular flexibility index (Phi) is 5.41. The average molecular weight is 440 g/mol. The number of H-pyrrole nitrogens is 2. The summed E-state index contributed by atoms with van der Waals surface area (Å²) in [6.07, 6.45) is 2.93. The third-order valence-electron chi connectivity index (χ3n) is 6.52. The Morgan fingerprint density at radius 1 is 0.697 bits per heavy atom. The van der Waals surface area contributed by atoms with Crippen molar-refractivity contribution in [1.82, 2.24) is 9.97 Å². The summed E-state index contributed by atoms with van der Waals surface area (Å²) in [7, 11) is 0. The topological polar surface area (TPSA) is 69.0 Å². The highest BCUT2D eigenvalue weighted by Gasteiger charge is 2.16. The molecule has 5 aromatic rings. The summed E-state index contributed by atoms with van der Waals surface area (Å²) >= 11 is 0. The molecule has 0 atom stereocenters. The first kappa shape index (κ1) is 21.3. The average Bonchev–Trinajstić information content (AvgIpc) is 2.83. The maximum absolute atomic E-state index is 13.8. The van der Waals surface area contributed by atoms with Crippen LogP contribution in [0.5, 0.6) is 0 Å². The van der Waals surface area contributed by atoms with Crippen molar-refractivity contribution >= 4 is 49.3 Å². The lowest BCUT2D eigenvalue weighted by atomic mass is 10.0. The van der Waals surface area contributed by atoms with Crippen molar-refractivity contribution in [3.63, 3.8) is 0 Å². The third kappa shape index (κ3) is 3.48. The second kappa shape index (κ2) is 8.39. The van der Waals surface area contributed by atoms with Crippen LogP contribution in [0.15, 0.2) is 58.1 Å². The van der Waals surface area contributed by atoms with E-state index >= 15 is 0 Å². The number of aryl methyl sites for hydroxylation is 1. The van der Waals surface area contributed by atoms with Crippen molar-refractivity contribution in [2.45, 2.75) is 40.0 Å². The first-order valence-corrected chi connectivity index (χ1v) is 11.9. The molecule has 0 amide bonds. The maximum Gasteiger partial charge on any atom is 0.199 e. The Morgan fingerprint density at radius 2 is 1.33 bits per heavy atom. The van der Waals surface area contributed by atoms with Gasteiger partial charge in [-0.15, -0.1) is 0 Å². The highest BCUT2D eigenvalue weighted by Crippen LogP contribution is 2.27. The Bertz CT molecular complexity index is 1620. The number of aromatic amines is 2. The molecule has 5 heteroatoms. The van der Waals surface area contributed by atoms with E-state index in [1.165, 1.54) is 5.56 Å². The van der Waals surface area contributed by atoms with Gasteiger partial charge in [0.1, 0.15) is 0 Å². The van der Waals surface area contributed by atoms with E-state index < -0.39 is 0 Å². The van der Waals surface area contributed by atoms with Gasteiger partial charge >= 0.3 is 0 Å². The molecule has 0 saturated carbocycles. The van der Waals surface area contributed by atoms with Gasteiger partial charge < -0.3 is 14.9 Å². The molecule has 3 aromatic carbocycles. The van der Waals surface area contributed by atoms with Crippen LogP contribution in [0.4, 0.5) is 5.69 Å². The Labute approximate surface area is 192 Å². The lowest BCUT2D eigenvalue weighted by Gasteiger charge is -2.25. The number of aromatic nitrogens is 2. The molecule has 2 heterocycles. The molecule has 0 spiro atoms. The van der Waals surface area contributed by atoms with Gasteiger partial charge in [-0.3, -0.25) is 9.59 Å². The fourth-order valence-corrected chi connectivity index (χ4v) is 4.90. The second-order valence-electron chi connectivity index (χ2n) is 8.77. The van der Waals surface area contributed by atoms with Gasteiger partial charge in [-0.25, -0.2) is 0 Å². The lowest BCUT2D eigenvalue weighted by molar-refractivity contribution is 0.747. The number of nitrogens with zero attached hydrogens (tertiary/aromatic N) is 1. The summed E-state index contributed by atoms with van der Waals surface area (Å²) in [5.41, 5.74) is 5.09. The number of nitrogens with one attached hydrogen (secondary N) is 2. The normalized spacial score (nSPS) is 11.7. The van der Waals surface area contributed by atoms with Gasteiger partial charge in [-0.1, -0.05) is 32.9 Å². The number of benzene rings is 3. The Morgan fingerprint density at radius 3 is 2.00 bits per heavy atom. The minimum atomic E-state index is -0.0185. The predicted octanol–water partition coefficient (Wildman–Crippen LogP) is 5.86. The van der Waals surface area contributed by atoms with E-state index in [1.807, 2.05) is 48.5 Å². The van der Waals surface area contributed by atoms with E-state index in [0.29, 0.717) is 32.6 Å². The van der Waals surface area contributed by atoms with E-state index in [1.54, 1.807) is 0 Å². The highest BCUT2D eigenvalue weighted by atomic mass is 16.1. The van der Waals surface area contributed by atoms with Gasteiger partial charge in [-0.05, 0) is 61.2 Å². The summed E-state index contributed by atoms with van der Waals surface area (Å²) in [4.78, 5) is 36.2. The van der Waals surface area contributed by atoms with Crippen LogP contribution >= 0.6 is 0 Å². The van der Waals surface area contributed by atoms with Crippen LogP contribution < -0.4 is 15.8 Å². The zero-order valence-corrected chi connectivity index (χ0v) is 19.4. The Balaban J connectivity index is 1.84. The van der Waals surface area contributed by atoms with Crippen LogP contribution in [0.1, 0.15) is 39.2 Å². The molecule has 2 aromatic heterocycles. The fraction of sp³-hybridized carbons (Fsp3) is 0.286. The summed E-state index contributed by atoms with van der Waals surface area (Å²) in [6, 6.07) is 15.5. The first-order valence-electron chi connectivity index (χ1n) is 11.9. The van der Waals surface area contributed by atoms with Gasteiger partial charge in [-0.2, -0.15) is 0 Å². The maximum atomic E-state index is 13.8. The van der Waals surface area contributed by atoms with Gasteiger partial charge in [0.15, 0.2) is 10.9 Å². The quantitative estimate of drug-likeness (QED) is 0.325. The van der Waals surface area contributed by atoms with Crippen molar-refractivity contribution < 1.29 is 0 Å². The molecule has 168 valence electrons. The van der Waals surface area contributed by atoms with E-state index in [2.05, 4.69) is 35.6 Å². The van der Waals surface area contributed by atoms with Crippen LogP contribution in [0.2, 0.25) is 0 Å². The van der Waals surface area contributed by atoms with Gasteiger partial charge in [0.2, 0.25) is 0 Å². The van der Waals surface area contributed by atoms with Crippen molar-refractivity contribution in [2.75, 3.05) is 18.0 Å². The lowest BCUT2D eigenvalue weighted by Crippen LogP contribution is -2.26. The number of rotatable bonds is 6. The zero-order chi connectivity index (χ0) is 23.1. The van der Waals surface area contributed by atoms with E-state index in [9.17, 15) is 9.59 Å². The molecule has 33 heavy (non-hydrogen) atoms. The number of hydrogen-bond donors (Lipinski definition) is 2. The summed E-state index contributed by atoms with van der Waals surface area (Å²) in [6.45, 7) is 8.22. The molecular weight excluding hydrogens is 410 g/mol. The molecule has 2 N–H and O–H groups in total. The van der Waals surface area contributed by atoms with E-state index in [4.69, 9.17) is 0 Å². The predicted molar refractivity (Wildman–Crippen MR) is 140 cm³/mol. The van der Waals surface area contributed by atoms with Gasteiger partial charge in [0, 0.05) is 29.2 Å². The van der Waals surface area contributed by atoms with Crippen molar-refractivity contribution in [2.24, 2.45) is 0 Å². The van der Waals surface area contributed by atoms with Gasteiger partial charge in [0.05, 0.1) is 33.1 Å². The Hall–Kier alpha value is -3.60. The molecule has 0 aliphatic heterocycles. The molecule has 0 bridgehead atoms. The van der Waals surface area contributed by atoms with E-state index in [0.717, 1.165) is 49.1 Å². The largest absolute Gasteiger partial charge is 0.371 e. The highest BCUT2D eigenvalue weighted by molar-refractivity contribution is 6.05. The fourth-order valence-electron chi connectivity index (χ4n) is 4.90. The monoisotopic (exact) mass is 439 g/mol. The second-order valence-corrected chi connectivity index (χ2v) is 8.77. The molecule has 0 radical (unpaired) electrons. The summed E-state index contributed by atoms with van der Waals surface area (Å²) in [5.74, 6) is 0. The van der Waals surface area contributed by atoms with E-state index in [-0.39, 0.29) is 10.9 Å². The molecule has 5 nitrogen and oxygen atoms in total. The molecule has 0 saturated heterocycles. The molecular formula is C28H29N3O2. The number of hydrogen-bond acceptors (Lipinski definition) is 3. The minimum Gasteiger partial charge on any atom is -0.371 e. The molecule has 0 aliphatic carbocycles. The third-order valence-corrected chi connectivity index (χ3v) is 6.52. The van der Waals surface area contributed by atoms with Crippen molar-refractivity contribution in [3.05, 3.63) is 74.5 Å². The summed E-state index contributed by atoms with van der Waals surface area (Å²) in [5, 5.41) is 2.56. The van der Waals surface area contributed by atoms with Gasteiger partial charge in [0.25, 0.3) is 0 Å². The SMILES string of the molecule is CCCN(CCC)c1cccc2[nH]c3cc4c(=O)c5ccc(CC)cc5[nH]c4cc3c(=O)c12. The molecule has 0 aliphatic rings. The van der Waals surface area contributed by atoms with Crippen LogP contribution in [-0.2, 0) is 6.42 Å². The molecule has 0 fully saturated rings. The zero-order valence-electron chi connectivity index (χ0n) is 19.4. The van der Waals surface area contributed by atoms with Crippen LogP contribution in [0, 0.1) is 0 Å². The smallest absolute Gasteiger partial charge is 0.199 e. The number of anilines is 1. The van der Waals surface area contributed by atoms with Crippen LogP contribution in [0.25, 0.3) is 43.6 Å². The molecule has 5 rings (SSSR count). The molecule has 0 unspecified atom stereocenters. The standard InChI is InChI=1S/C28H29N3O2/c1-4-12-31(13-5-2)25-9-7-8-21-26(25)28(33)20-16-23-19(15-24(20)29-21)27(32)18-11-10-17(6-3)14-22(18)30-23/h7-11,14-16H,4-6,12-13H2,1-3H3,(H,29,33)(H,30,32). The van der Waals surface area contributed by atoms with Crippen molar-refractivity contribution in [3.8, 4) is 0 Å². The number of pyridine rings is 2. The summed E-state index contributed by atoms with van der Waals surface area (Å²) < 4.78 is 0. The number of fused-ring (bicyclic) bond motifs is 4. The minimum absolute atomic E-state index is 0.00305. The first-order chi connectivity index (χ1) is 16.0. The van der Waals surface area contributed by atoms with Crippen LogP contribution in [-0.4, -0.2) is 23.1 Å².